The van der Waals surface area contributed by atoms with Gasteiger partial charge in [-0.2, -0.15) is 0 Å². The lowest BCUT2D eigenvalue weighted by atomic mass is 10.0. The number of nitrogens with zero attached hydrogens (tertiary/aromatic N) is 1. The van der Waals surface area contributed by atoms with E-state index in [2.05, 4.69) is 10.6 Å². The summed E-state index contributed by atoms with van der Waals surface area (Å²) in [5.74, 6) is -0.889. The van der Waals surface area contributed by atoms with Crippen LogP contribution >= 0.6 is 11.3 Å². The molecule has 2 heterocycles. The molecule has 2 aromatic carbocycles. The minimum absolute atomic E-state index is 0.0103. The summed E-state index contributed by atoms with van der Waals surface area (Å²) in [5, 5.41) is 7.53. The number of carbonyl (C=O) groups is 3. The molecule has 1 saturated heterocycles. The van der Waals surface area contributed by atoms with Gasteiger partial charge in [-0.1, -0.05) is 66.7 Å². The van der Waals surface area contributed by atoms with E-state index in [9.17, 15) is 14.4 Å². The second-order valence-corrected chi connectivity index (χ2v) is 9.62. The molecule has 2 atom stereocenters. The standard InChI is InChI=1S/C28H31N3O4S/c32-25(20-30-27(33)24-14-8-18-36-24)31(16-15-21-9-3-1-4-10-21)26(22-11-5-2-6-12-22)28(34)29-19-23-13-7-17-35-23/h1-6,8-12,14,18,23,26H,7,13,15-17,19-20H2,(H,29,34)(H,30,33)/t23-,26+/m1/s1. The highest BCUT2D eigenvalue weighted by atomic mass is 32.1. The number of nitrogens with one attached hydrogen (secondary N) is 2. The number of hydrogen-bond donors (Lipinski definition) is 2. The van der Waals surface area contributed by atoms with Crippen LogP contribution in [-0.2, 0) is 20.7 Å². The zero-order valence-corrected chi connectivity index (χ0v) is 20.9. The number of hydrogen-bond acceptors (Lipinski definition) is 5. The molecule has 0 unspecified atom stereocenters. The van der Waals surface area contributed by atoms with Crippen molar-refractivity contribution in [3.8, 4) is 0 Å². The van der Waals surface area contributed by atoms with Gasteiger partial charge in [0.15, 0.2) is 0 Å². The number of carbonyl (C=O) groups excluding carboxylic acids is 3. The lowest BCUT2D eigenvalue weighted by Gasteiger charge is -2.32. The maximum atomic E-state index is 13.5. The van der Waals surface area contributed by atoms with E-state index in [4.69, 9.17) is 4.74 Å². The zero-order chi connectivity index (χ0) is 25.2. The Kier molecular flexibility index (Phi) is 9.24. The Morgan fingerprint density at radius 3 is 2.39 bits per heavy atom. The molecule has 188 valence electrons. The van der Waals surface area contributed by atoms with Gasteiger partial charge in [-0.15, -0.1) is 11.3 Å². The maximum Gasteiger partial charge on any atom is 0.261 e. The van der Waals surface area contributed by atoms with Gasteiger partial charge in [0, 0.05) is 19.7 Å². The van der Waals surface area contributed by atoms with Crippen molar-refractivity contribution >= 4 is 29.1 Å². The summed E-state index contributed by atoms with van der Waals surface area (Å²) in [6.07, 6.45) is 2.45. The summed E-state index contributed by atoms with van der Waals surface area (Å²) in [4.78, 5) is 41.6. The van der Waals surface area contributed by atoms with Crippen molar-refractivity contribution in [2.75, 3.05) is 26.2 Å². The fourth-order valence-corrected chi connectivity index (χ4v) is 4.91. The van der Waals surface area contributed by atoms with Crippen LogP contribution in [0.1, 0.15) is 39.7 Å². The Balaban J connectivity index is 1.54. The molecule has 8 heteroatoms. The largest absolute Gasteiger partial charge is 0.376 e. The van der Waals surface area contributed by atoms with Crippen LogP contribution in [0.2, 0.25) is 0 Å². The van der Waals surface area contributed by atoms with E-state index in [0.29, 0.717) is 36.6 Å². The summed E-state index contributed by atoms with van der Waals surface area (Å²) >= 11 is 1.31. The van der Waals surface area contributed by atoms with Gasteiger partial charge in [-0.05, 0) is 41.8 Å². The van der Waals surface area contributed by atoms with Crippen molar-refractivity contribution in [1.82, 2.24) is 15.5 Å². The van der Waals surface area contributed by atoms with Gasteiger partial charge >= 0.3 is 0 Å². The van der Waals surface area contributed by atoms with Crippen LogP contribution in [0.15, 0.2) is 78.2 Å². The predicted octanol–water partition coefficient (Wildman–Crippen LogP) is 3.59. The quantitative estimate of drug-likeness (QED) is 0.417. The highest BCUT2D eigenvalue weighted by Crippen LogP contribution is 2.23. The predicted molar refractivity (Wildman–Crippen MR) is 140 cm³/mol. The number of rotatable bonds is 11. The third-order valence-electron chi connectivity index (χ3n) is 6.15. The van der Waals surface area contributed by atoms with Gasteiger partial charge in [0.2, 0.25) is 11.8 Å². The average Bonchev–Trinajstić information content (AvgIpc) is 3.64. The normalized spacial score (nSPS) is 15.7. The number of amides is 3. The topological polar surface area (TPSA) is 87.7 Å². The Bertz CT molecular complexity index is 1120. The van der Waals surface area contributed by atoms with Crippen LogP contribution in [0.25, 0.3) is 0 Å². The van der Waals surface area contributed by atoms with Crippen molar-refractivity contribution in [3.63, 3.8) is 0 Å². The van der Waals surface area contributed by atoms with E-state index in [-0.39, 0.29) is 30.4 Å². The first-order valence-electron chi connectivity index (χ1n) is 12.2. The van der Waals surface area contributed by atoms with Crippen molar-refractivity contribution in [1.29, 1.82) is 0 Å². The summed E-state index contributed by atoms with van der Waals surface area (Å²) in [7, 11) is 0. The Hall–Kier alpha value is -3.49. The highest BCUT2D eigenvalue weighted by Gasteiger charge is 2.32. The molecular weight excluding hydrogens is 474 g/mol. The van der Waals surface area contributed by atoms with Gasteiger partial charge in [0.05, 0.1) is 17.5 Å². The monoisotopic (exact) mass is 505 g/mol. The summed E-state index contributed by atoms with van der Waals surface area (Å²) in [6, 6.07) is 21.8. The molecule has 0 bridgehead atoms. The summed E-state index contributed by atoms with van der Waals surface area (Å²) in [6.45, 7) is 1.23. The van der Waals surface area contributed by atoms with Crippen LogP contribution in [0.4, 0.5) is 0 Å². The summed E-state index contributed by atoms with van der Waals surface area (Å²) < 4.78 is 5.66. The Labute approximate surface area is 215 Å². The average molecular weight is 506 g/mol. The maximum absolute atomic E-state index is 13.5. The van der Waals surface area contributed by atoms with Gasteiger partial charge in [-0.25, -0.2) is 0 Å². The zero-order valence-electron chi connectivity index (χ0n) is 20.1. The van der Waals surface area contributed by atoms with Crippen molar-refractivity contribution in [2.24, 2.45) is 0 Å². The lowest BCUT2D eigenvalue weighted by Crippen LogP contribution is -2.49. The first kappa shape index (κ1) is 25.6. The Morgan fingerprint density at radius 2 is 1.72 bits per heavy atom. The van der Waals surface area contributed by atoms with Gasteiger partial charge in [0.1, 0.15) is 6.04 Å². The number of thiophene rings is 1. The van der Waals surface area contributed by atoms with Crippen molar-refractivity contribution < 1.29 is 19.1 Å². The molecule has 1 aliphatic heterocycles. The minimum Gasteiger partial charge on any atom is -0.376 e. The first-order valence-corrected chi connectivity index (χ1v) is 13.1. The number of ether oxygens (including phenoxy) is 1. The smallest absolute Gasteiger partial charge is 0.261 e. The molecule has 0 saturated carbocycles. The fourth-order valence-electron chi connectivity index (χ4n) is 4.27. The van der Waals surface area contributed by atoms with E-state index >= 15 is 0 Å². The first-order chi connectivity index (χ1) is 17.6. The van der Waals surface area contributed by atoms with E-state index in [1.165, 1.54) is 11.3 Å². The Morgan fingerprint density at radius 1 is 0.972 bits per heavy atom. The molecule has 1 fully saturated rings. The molecule has 4 rings (SSSR count). The molecule has 0 spiro atoms. The molecule has 3 aromatic rings. The third kappa shape index (κ3) is 7.02. The minimum atomic E-state index is -0.831. The summed E-state index contributed by atoms with van der Waals surface area (Å²) in [5.41, 5.74) is 1.78. The molecule has 3 amide bonds. The molecule has 36 heavy (non-hydrogen) atoms. The molecule has 2 N–H and O–H groups in total. The van der Waals surface area contributed by atoms with Crippen molar-refractivity contribution in [3.05, 3.63) is 94.2 Å². The van der Waals surface area contributed by atoms with E-state index in [0.717, 1.165) is 18.4 Å². The second-order valence-electron chi connectivity index (χ2n) is 8.68. The molecule has 7 nitrogen and oxygen atoms in total. The molecule has 0 radical (unpaired) electrons. The van der Waals surface area contributed by atoms with E-state index in [1.807, 2.05) is 66.0 Å². The SMILES string of the molecule is O=C(NCC(=O)N(CCc1ccccc1)[C@H](C(=O)NC[C@H]1CCCO1)c1ccccc1)c1cccs1. The van der Waals surface area contributed by atoms with Crippen LogP contribution < -0.4 is 10.6 Å². The second kappa shape index (κ2) is 13.0. The lowest BCUT2D eigenvalue weighted by molar-refractivity contribution is -0.140. The molecule has 0 aliphatic carbocycles. The van der Waals surface area contributed by atoms with Crippen LogP contribution in [0.5, 0.6) is 0 Å². The van der Waals surface area contributed by atoms with Crippen LogP contribution in [0.3, 0.4) is 0 Å². The van der Waals surface area contributed by atoms with Gasteiger partial charge < -0.3 is 20.3 Å². The van der Waals surface area contributed by atoms with E-state index < -0.39 is 6.04 Å². The molecular formula is C28H31N3O4S. The fraction of sp³-hybridized carbons (Fsp3) is 0.321. The van der Waals surface area contributed by atoms with Crippen molar-refractivity contribution in [2.45, 2.75) is 31.4 Å². The molecule has 1 aromatic heterocycles. The highest BCUT2D eigenvalue weighted by molar-refractivity contribution is 7.12. The van der Waals surface area contributed by atoms with Crippen LogP contribution in [0, 0.1) is 0 Å². The number of benzene rings is 2. The van der Waals surface area contributed by atoms with Crippen LogP contribution in [-0.4, -0.2) is 55.0 Å². The molecule has 1 aliphatic rings. The van der Waals surface area contributed by atoms with Gasteiger partial charge in [-0.3, -0.25) is 14.4 Å². The van der Waals surface area contributed by atoms with Gasteiger partial charge in [0.25, 0.3) is 5.91 Å². The third-order valence-corrected chi connectivity index (χ3v) is 7.02. The van der Waals surface area contributed by atoms with E-state index in [1.54, 1.807) is 17.0 Å².